The summed E-state index contributed by atoms with van der Waals surface area (Å²) in [5.41, 5.74) is 4.47. The maximum absolute atomic E-state index is 12.2. The molecular formula is C21H19N3O4S. The van der Waals surface area contributed by atoms with Gasteiger partial charge in [-0.1, -0.05) is 24.3 Å². The number of fused-ring (bicyclic) bond motifs is 1. The Morgan fingerprint density at radius 1 is 1.17 bits per heavy atom. The second kappa shape index (κ2) is 8.40. The molecule has 2 aromatic carbocycles. The van der Waals surface area contributed by atoms with Crippen LogP contribution in [-0.4, -0.2) is 22.4 Å². The van der Waals surface area contributed by atoms with Crippen molar-refractivity contribution in [3.63, 3.8) is 0 Å². The number of carbonyl (C=O) groups excluding carboxylic acids is 1. The Bertz CT molecular complexity index is 1060. The van der Waals surface area contributed by atoms with E-state index in [0.717, 1.165) is 24.1 Å². The lowest BCUT2D eigenvalue weighted by atomic mass is 9.90. The lowest BCUT2D eigenvalue weighted by molar-refractivity contribution is -0.385. The average Bonchev–Trinajstić information content (AvgIpc) is 3.20. The molecule has 0 unspecified atom stereocenters. The van der Waals surface area contributed by atoms with Gasteiger partial charge in [0.05, 0.1) is 10.6 Å². The van der Waals surface area contributed by atoms with Crippen LogP contribution in [0.3, 0.4) is 0 Å². The van der Waals surface area contributed by atoms with Gasteiger partial charge in [0.2, 0.25) is 0 Å². The minimum Gasteiger partial charge on any atom is -0.477 e. The number of rotatable bonds is 6. The van der Waals surface area contributed by atoms with Crippen molar-refractivity contribution in [1.82, 2.24) is 4.98 Å². The Kier molecular flexibility index (Phi) is 5.53. The summed E-state index contributed by atoms with van der Waals surface area (Å²) in [6.45, 7) is -0.335. The number of anilines is 1. The fourth-order valence-electron chi connectivity index (χ4n) is 3.39. The standard InChI is InChI=1S/C21H19N3O4S/c25-20(12-28-19-8-4-3-7-18(19)24(26)27)23-21-22-17(13-29-21)16-10-9-14-5-1-2-6-15(14)11-16/h3-4,7-11,13H,1-2,5-6,12H2,(H,22,23,25). The number of amides is 1. The molecule has 4 rings (SSSR count). The smallest absolute Gasteiger partial charge is 0.310 e. The zero-order chi connectivity index (χ0) is 20.2. The summed E-state index contributed by atoms with van der Waals surface area (Å²) in [5.74, 6) is -0.365. The molecular weight excluding hydrogens is 390 g/mol. The van der Waals surface area contributed by atoms with Crippen LogP contribution in [0.25, 0.3) is 11.3 Å². The van der Waals surface area contributed by atoms with Gasteiger partial charge in [0, 0.05) is 17.0 Å². The van der Waals surface area contributed by atoms with Gasteiger partial charge in [0.15, 0.2) is 17.5 Å². The van der Waals surface area contributed by atoms with Crippen molar-refractivity contribution >= 4 is 28.1 Å². The van der Waals surface area contributed by atoms with Gasteiger partial charge in [0.1, 0.15) is 0 Å². The highest BCUT2D eigenvalue weighted by Gasteiger charge is 2.16. The van der Waals surface area contributed by atoms with Gasteiger partial charge in [-0.3, -0.25) is 20.2 Å². The number of ether oxygens (including phenoxy) is 1. The van der Waals surface area contributed by atoms with Crippen LogP contribution in [0.1, 0.15) is 24.0 Å². The van der Waals surface area contributed by atoms with Crippen molar-refractivity contribution in [1.29, 1.82) is 0 Å². The van der Waals surface area contributed by atoms with Gasteiger partial charge < -0.3 is 4.74 Å². The number of benzene rings is 2. The second-order valence-corrected chi connectivity index (χ2v) is 7.65. The normalized spacial score (nSPS) is 12.8. The average molecular weight is 409 g/mol. The van der Waals surface area contributed by atoms with E-state index < -0.39 is 10.8 Å². The molecule has 7 nitrogen and oxygen atoms in total. The van der Waals surface area contributed by atoms with E-state index in [-0.39, 0.29) is 18.0 Å². The zero-order valence-electron chi connectivity index (χ0n) is 15.6. The molecule has 0 fully saturated rings. The van der Waals surface area contributed by atoms with Crippen molar-refractivity contribution in [3.05, 3.63) is 69.1 Å². The number of nitrogens with zero attached hydrogens (tertiary/aromatic N) is 2. The molecule has 0 aliphatic heterocycles. The fraction of sp³-hybridized carbons (Fsp3) is 0.238. The highest BCUT2D eigenvalue weighted by atomic mass is 32.1. The summed E-state index contributed by atoms with van der Waals surface area (Å²) < 4.78 is 5.31. The molecule has 1 aromatic heterocycles. The second-order valence-electron chi connectivity index (χ2n) is 6.79. The summed E-state index contributed by atoms with van der Waals surface area (Å²) in [5, 5.41) is 16.1. The van der Waals surface area contributed by atoms with Crippen molar-refractivity contribution in [2.75, 3.05) is 11.9 Å². The molecule has 0 atom stereocenters. The summed E-state index contributed by atoms with van der Waals surface area (Å²) in [6, 6.07) is 12.4. The molecule has 0 bridgehead atoms. The van der Waals surface area contributed by atoms with E-state index in [0.29, 0.717) is 5.13 Å². The number of hydrogen-bond acceptors (Lipinski definition) is 6. The summed E-state index contributed by atoms with van der Waals surface area (Å²) in [6.07, 6.45) is 4.69. The molecule has 1 heterocycles. The molecule has 8 heteroatoms. The first-order valence-electron chi connectivity index (χ1n) is 9.34. The van der Waals surface area contributed by atoms with Gasteiger partial charge >= 0.3 is 5.69 Å². The van der Waals surface area contributed by atoms with Crippen molar-refractivity contribution in [3.8, 4) is 17.0 Å². The highest BCUT2D eigenvalue weighted by molar-refractivity contribution is 7.14. The predicted octanol–water partition coefficient (Wildman–Crippen LogP) is 4.61. The van der Waals surface area contributed by atoms with E-state index in [1.54, 1.807) is 12.1 Å². The third-order valence-corrected chi connectivity index (χ3v) is 5.57. The third-order valence-electron chi connectivity index (χ3n) is 4.82. The Labute approximate surface area is 171 Å². The van der Waals surface area contributed by atoms with Gasteiger partial charge in [-0.25, -0.2) is 4.98 Å². The first-order valence-corrected chi connectivity index (χ1v) is 10.2. The SMILES string of the molecule is O=C(COc1ccccc1[N+](=O)[O-])Nc1nc(-c2ccc3c(c2)CCCC3)cs1. The molecule has 148 valence electrons. The molecule has 0 saturated carbocycles. The van der Waals surface area contributed by atoms with Crippen LogP contribution in [-0.2, 0) is 17.6 Å². The Morgan fingerprint density at radius 3 is 2.79 bits per heavy atom. The van der Waals surface area contributed by atoms with Gasteiger partial charge in [-0.2, -0.15) is 0 Å². The van der Waals surface area contributed by atoms with Gasteiger partial charge in [-0.05, 0) is 48.9 Å². The first kappa shape index (κ1) is 19.1. The summed E-state index contributed by atoms with van der Waals surface area (Å²) in [7, 11) is 0. The van der Waals surface area contributed by atoms with Crippen molar-refractivity contribution in [2.24, 2.45) is 0 Å². The molecule has 0 spiro atoms. The van der Waals surface area contributed by atoms with Gasteiger partial charge in [-0.15, -0.1) is 11.3 Å². The van der Waals surface area contributed by atoms with Crippen LogP contribution in [0.2, 0.25) is 0 Å². The molecule has 1 aliphatic rings. The highest BCUT2D eigenvalue weighted by Crippen LogP contribution is 2.30. The monoisotopic (exact) mass is 409 g/mol. The van der Waals surface area contributed by atoms with E-state index in [4.69, 9.17) is 4.74 Å². The van der Waals surface area contributed by atoms with Crippen LogP contribution < -0.4 is 10.1 Å². The number of nitro benzene ring substituents is 1. The Morgan fingerprint density at radius 2 is 1.97 bits per heavy atom. The van der Waals surface area contributed by atoms with Crippen LogP contribution in [0.5, 0.6) is 5.75 Å². The van der Waals surface area contributed by atoms with Crippen LogP contribution in [0.15, 0.2) is 47.8 Å². The fourth-order valence-corrected chi connectivity index (χ4v) is 4.12. The number of aromatic nitrogens is 1. The number of nitrogens with one attached hydrogen (secondary N) is 1. The molecule has 0 radical (unpaired) electrons. The van der Waals surface area contributed by atoms with Gasteiger partial charge in [0.25, 0.3) is 5.91 Å². The predicted molar refractivity (Wildman–Crippen MR) is 111 cm³/mol. The zero-order valence-corrected chi connectivity index (χ0v) is 16.4. The van der Waals surface area contributed by atoms with Crippen molar-refractivity contribution in [2.45, 2.75) is 25.7 Å². The molecule has 3 aromatic rings. The number of aryl methyl sites for hydroxylation is 2. The largest absolute Gasteiger partial charge is 0.477 e. The summed E-state index contributed by atoms with van der Waals surface area (Å²) >= 11 is 1.33. The van der Waals surface area contributed by atoms with E-state index in [9.17, 15) is 14.9 Å². The van der Waals surface area contributed by atoms with E-state index in [1.165, 1.54) is 47.4 Å². The summed E-state index contributed by atoms with van der Waals surface area (Å²) in [4.78, 5) is 27.1. The molecule has 1 amide bonds. The van der Waals surface area contributed by atoms with Crippen LogP contribution >= 0.6 is 11.3 Å². The minimum absolute atomic E-state index is 0.0570. The lowest BCUT2D eigenvalue weighted by Gasteiger charge is -2.16. The van der Waals surface area contributed by atoms with E-state index in [2.05, 4.69) is 28.5 Å². The molecule has 0 saturated heterocycles. The maximum atomic E-state index is 12.2. The quantitative estimate of drug-likeness (QED) is 0.474. The maximum Gasteiger partial charge on any atom is 0.310 e. The molecule has 1 aliphatic carbocycles. The van der Waals surface area contributed by atoms with Crippen LogP contribution in [0.4, 0.5) is 10.8 Å². The van der Waals surface area contributed by atoms with E-state index in [1.807, 2.05) is 5.38 Å². The van der Waals surface area contributed by atoms with E-state index >= 15 is 0 Å². The number of hydrogen-bond donors (Lipinski definition) is 1. The number of thiazole rings is 1. The Hall–Kier alpha value is -3.26. The third kappa shape index (κ3) is 4.43. The Balaban J connectivity index is 1.39. The lowest BCUT2D eigenvalue weighted by Crippen LogP contribution is -2.20. The molecule has 29 heavy (non-hydrogen) atoms. The topological polar surface area (TPSA) is 94.4 Å². The van der Waals surface area contributed by atoms with Crippen molar-refractivity contribution < 1.29 is 14.5 Å². The number of para-hydroxylation sites is 2. The van der Waals surface area contributed by atoms with Crippen LogP contribution in [0, 0.1) is 10.1 Å². The first-order chi connectivity index (χ1) is 14.1. The molecule has 1 N–H and O–H groups in total. The minimum atomic E-state index is -0.543. The number of nitro groups is 1. The number of carbonyl (C=O) groups is 1.